The van der Waals surface area contributed by atoms with Crippen LogP contribution >= 0.6 is 11.8 Å². The quantitative estimate of drug-likeness (QED) is 0.590. The molecule has 12 heavy (non-hydrogen) atoms. The third-order valence-corrected chi connectivity index (χ3v) is 1.67. The van der Waals surface area contributed by atoms with Crippen molar-refractivity contribution in [3.05, 3.63) is 18.2 Å². The minimum absolute atomic E-state index is 0.291. The number of carboxylic acids is 1. The van der Waals surface area contributed by atoms with Crippen molar-refractivity contribution in [2.24, 2.45) is 0 Å². The number of hydrogen-bond donors (Lipinski definition) is 3. The van der Waals surface area contributed by atoms with E-state index in [-0.39, 0.29) is 0 Å². The molecule has 0 spiro atoms. The van der Waals surface area contributed by atoms with E-state index in [9.17, 15) is 4.79 Å². The van der Waals surface area contributed by atoms with Gasteiger partial charge >= 0.3 is 5.97 Å². The first-order valence-electron chi connectivity index (χ1n) is 3.30. The first-order valence-corrected chi connectivity index (χ1v) is 3.68. The lowest BCUT2D eigenvalue weighted by atomic mass is 10.2. The highest BCUT2D eigenvalue weighted by Gasteiger charge is 2.16. The summed E-state index contributed by atoms with van der Waals surface area (Å²) in [7, 11) is 0. The zero-order chi connectivity index (χ0) is 8.97. The van der Waals surface area contributed by atoms with Crippen molar-refractivity contribution in [3.63, 3.8) is 0 Å². The Labute approximate surface area is 73.9 Å². The zero-order valence-corrected chi connectivity index (χ0v) is 6.88. The van der Waals surface area contributed by atoms with Gasteiger partial charge in [-0.05, 0) is 11.8 Å². The van der Waals surface area contributed by atoms with Gasteiger partial charge in [0.05, 0.1) is 6.33 Å². The number of hydrogen-bond acceptors (Lipinski definition) is 3. The van der Waals surface area contributed by atoms with Crippen LogP contribution in [0.5, 0.6) is 0 Å². The maximum Gasteiger partial charge on any atom is 0.322 e. The molecule has 5 nitrogen and oxygen atoms in total. The largest absolute Gasteiger partial charge is 0.480 e. The van der Waals surface area contributed by atoms with Gasteiger partial charge in [0.1, 0.15) is 6.04 Å². The highest BCUT2D eigenvalue weighted by Crippen LogP contribution is 1.98. The van der Waals surface area contributed by atoms with Gasteiger partial charge in [-0.25, -0.2) is 9.82 Å². The van der Waals surface area contributed by atoms with E-state index in [1.807, 2.05) is 0 Å². The summed E-state index contributed by atoms with van der Waals surface area (Å²) in [5, 5.41) is 8.59. The Kier molecular flexibility index (Phi) is 3.07. The number of halogens is 1. The van der Waals surface area contributed by atoms with Gasteiger partial charge in [0.25, 0.3) is 0 Å². The van der Waals surface area contributed by atoms with Crippen molar-refractivity contribution in [1.82, 2.24) is 14.8 Å². The topological polar surface area (TPSA) is 78.0 Å². The SMILES string of the molecule is O=C(O)[C@H](Cc1cnc[nH]1)NCl. The van der Waals surface area contributed by atoms with Crippen molar-refractivity contribution >= 4 is 17.7 Å². The number of nitrogens with one attached hydrogen (secondary N) is 2. The van der Waals surface area contributed by atoms with Crippen LogP contribution in [0.4, 0.5) is 0 Å². The summed E-state index contributed by atoms with van der Waals surface area (Å²) in [6.07, 6.45) is 3.34. The van der Waals surface area contributed by atoms with Crippen LogP contribution in [-0.2, 0) is 11.2 Å². The minimum Gasteiger partial charge on any atom is -0.480 e. The number of carboxylic acid groups (broad SMARTS) is 1. The van der Waals surface area contributed by atoms with Gasteiger partial charge in [0.15, 0.2) is 0 Å². The van der Waals surface area contributed by atoms with Gasteiger partial charge in [0, 0.05) is 18.3 Å². The number of nitrogens with zero attached hydrogens (tertiary/aromatic N) is 1. The molecule has 1 atom stereocenters. The lowest BCUT2D eigenvalue weighted by Gasteiger charge is -2.06. The predicted octanol–water partition coefficient (Wildman–Crippen LogP) is 0.149. The van der Waals surface area contributed by atoms with Crippen LogP contribution in [0.25, 0.3) is 0 Å². The Balaban J connectivity index is 2.54. The molecule has 0 bridgehead atoms. The molecule has 0 unspecified atom stereocenters. The Bertz CT molecular complexity index is 249. The van der Waals surface area contributed by atoms with E-state index in [0.717, 1.165) is 5.69 Å². The van der Waals surface area contributed by atoms with Gasteiger partial charge in [-0.2, -0.15) is 0 Å². The minimum atomic E-state index is -0.986. The molecule has 0 aliphatic heterocycles. The summed E-state index contributed by atoms with van der Waals surface area (Å²) in [6.45, 7) is 0. The second kappa shape index (κ2) is 4.08. The summed E-state index contributed by atoms with van der Waals surface area (Å²) in [5.74, 6) is -0.986. The van der Waals surface area contributed by atoms with Crippen molar-refractivity contribution < 1.29 is 9.90 Å². The van der Waals surface area contributed by atoms with Crippen molar-refractivity contribution in [3.8, 4) is 0 Å². The number of aromatic amines is 1. The Morgan fingerprint density at radius 1 is 1.92 bits per heavy atom. The van der Waals surface area contributed by atoms with E-state index in [1.54, 1.807) is 6.20 Å². The molecule has 0 aliphatic rings. The smallest absolute Gasteiger partial charge is 0.322 e. The zero-order valence-electron chi connectivity index (χ0n) is 6.12. The van der Waals surface area contributed by atoms with Crippen molar-refractivity contribution in [2.75, 3.05) is 0 Å². The highest BCUT2D eigenvalue weighted by molar-refractivity contribution is 6.14. The average Bonchev–Trinajstić information content (AvgIpc) is 2.51. The van der Waals surface area contributed by atoms with E-state index in [1.165, 1.54) is 6.33 Å². The highest BCUT2D eigenvalue weighted by atomic mass is 35.5. The number of aliphatic carboxylic acids is 1. The molecular formula is C6H8ClN3O2. The van der Waals surface area contributed by atoms with Crippen LogP contribution in [-0.4, -0.2) is 27.1 Å². The van der Waals surface area contributed by atoms with Gasteiger partial charge in [-0.15, -0.1) is 0 Å². The average molecular weight is 190 g/mol. The van der Waals surface area contributed by atoms with Crippen LogP contribution in [0.1, 0.15) is 5.69 Å². The van der Waals surface area contributed by atoms with E-state index < -0.39 is 12.0 Å². The third kappa shape index (κ3) is 2.21. The third-order valence-electron chi connectivity index (χ3n) is 1.41. The molecule has 0 amide bonds. The normalized spacial score (nSPS) is 12.8. The maximum atomic E-state index is 10.5. The molecule has 0 saturated heterocycles. The summed E-state index contributed by atoms with van der Waals surface area (Å²) in [4.78, 5) is 19.2. The molecule has 3 N–H and O–H groups in total. The van der Waals surface area contributed by atoms with Gasteiger partial charge in [-0.1, -0.05) is 0 Å². The van der Waals surface area contributed by atoms with Crippen LogP contribution in [0.3, 0.4) is 0 Å². The molecule has 1 aromatic rings. The molecule has 0 fully saturated rings. The van der Waals surface area contributed by atoms with Gasteiger partial charge < -0.3 is 10.1 Å². The van der Waals surface area contributed by atoms with Crippen LogP contribution in [0, 0.1) is 0 Å². The van der Waals surface area contributed by atoms with Crippen LogP contribution in [0.2, 0.25) is 0 Å². The fourth-order valence-electron chi connectivity index (χ4n) is 0.789. The molecule has 6 heteroatoms. The van der Waals surface area contributed by atoms with Gasteiger partial charge in [0.2, 0.25) is 0 Å². The molecule has 0 aromatic carbocycles. The number of H-pyrrole nitrogens is 1. The number of carbonyl (C=O) groups is 1. The van der Waals surface area contributed by atoms with E-state index in [4.69, 9.17) is 16.9 Å². The molecule has 1 rings (SSSR count). The Morgan fingerprint density at radius 2 is 2.67 bits per heavy atom. The lowest BCUT2D eigenvalue weighted by molar-refractivity contribution is -0.138. The molecule has 66 valence electrons. The Hall–Kier alpha value is -1.07. The number of aromatic nitrogens is 2. The molecule has 0 saturated carbocycles. The molecule has 1 heterocycles. The maximum absolute atomic E-state index is 10.5. The van der Waals surface area contributed by atoms with E-state index in [0.29, 0.717) is 6.42 Å². The molecule has 0 aliphatic carbocycles. The summed E-state index contributed by atoms with van der Waals surface area (Å²) in [5.41, 5.74) is 0.732. The predicted molar refractivity (Wildman–Crippen MR) is 42.7 cm³/mol. The monoisotopic (exact) mass is 189 g/mol. The molecular weight excluding hydrogens is 182 g/mol. The molecule has 0 radical (unpaired) electrons. The first-order chi connectivity index (χ1) is 5.74. The Morgan fingerprint density at radius 3 is 3.08 bits per heavy atom. The fraction of sp³-hybridized carbons (Fsp3) is 0.333. The fourth-order valence-corrected chi connectivity index (χ4v) is 0.959. The first kappa shape index (κ1) is 9.02. The molecule has 1 aromatic heterocycles. The summed E-state index contributed by atoms with van der Waals surface area (Å²) < 4.78 is 0. The summed E-state index contributed by atoms with van der Waals surface area (Å²) in [6, 6.07) is -0.785. The van der Waals surface area contributed by atoms with Crippen molar-refractivity contribution in [1.29, 1.82) is 0 Å². The second-order valence-corrected chi connectivity index (χ2v) is 2.50. The van der Waals surface area contributed by atoms with E-state index in [2.05, 4.69) is 14.8 Å². The van der Waals surface area contributed by atoms with E-state index >= 15 is 0 Å². The summed E-state index contributed by atoms with van der Waals surface area (Å²) >= 11 is 5.21. The van der Waals surface area contributed by atoms with Gasteiger partial charge in [-0.3, -0.25) is 4.79 Å². The number of imidazole rings is 1. The van der Waals surface area contributed by atoms with Crippen LogP contribution < -0.4 is 4.84 Å². The van der Waals surface area contributed by atoms with Crippen molar-refractivity contribution in [2.45, 2.75) is 12.5 Å². The second-order valence-electron chi connectivity index (χ2n) is 2.28. The standard InChI is InChI=1S/C6H8ClN3O2/c7-10-5(6(11)12)1-4-2-8-3-9-4/h2-3,5,10H,1H2,(H,8,9)(H,11,12)/t5-/m0/s1. The lowest BCUT2D eigenvalue weighted by Crippen LogP contribution is -2.32. The van der Waals surface area contributed by atoms with Crippen LogP contribution in [0.15, 0.2) is 12.5 Å². The number of rotatable bonds is 4.